The Bertz CT molecular complexity index is 364. The van der Waals surface area contributed by atoms with Crippen LogP contribution in [-0.2, 0) is 6.42 Å². The lowest BCUT2D eigenvalue weighted by molar-refractivity contribution is 0.750. The maximum atomic E-state index is 5.48. The Morgan fingerprint density at radius 1 is 1.24 bits per heavy atom. The van der Waals surface area contributed by atoms with E-state index in [1.807, 2.05) is 6.92 Å². The van der Waals surface area contributed by atoms with Crippen molar-refractivity contribution in [2.45, 2.75) is 53.0 Å². The lowest BCUT2D eigenvalue weighted by Gasteiger charge is -2.17. The molecule has 0 fully saturated rings. The number of nitrogens with two attached hydrogens (primary N) is 1. The van der Waals surface area contributed by atoms with Crippen molar-refractivity contribution in [2.75, 3.05) is 10.7 Å². The summed E-state index contributed by atoms with van der Waals surface area (Å²) in [5.74, 6) is 7.89. The number of aryl methyl sites for hydroxylation is 1. The van der Waals surface area contributed by atoms with Gasteiger partial charge < -0.3 is 10.7 Å². The standard InChI is InChI=1S/C12H23N5/c1-5-7-10-15-11(14-8(3)6-2)9(4)12(16-10)17-13/h8H,5-7,13H2,1-4H3,(H2,14,15,16,17). The summed E-state index contributed by atoms with van der Waals surface area (Å²) in [4.78, 5) is 8.93. The molecule has 0 saturated carbocycles. The van der Waals surface area contributed by atoms with Crippen molar-refractivity contribution >= 4 is 11.6 Å². The maximum Gasteiger partial charge on any atom is 0.148 e. The van der Waals surface area contributed by atoms with Crippen molar-refractivity contribution in [1.82, 2.24) is 9.97 Å². The molecule has 96 valence electrons. The quantitative estimate of drug-likeness (QED) is 0.522. The van der Waals surface area contributed by atoms with Crippen LogP contribution in [0.1, 0.15) is 45.0 Å². The van der Waals surface area contributed by atoms with Gasteiger partial charge in [0.2, 0.25) is 0 Å². The highest BCUT2D eigenvalue weighted by Crippen LogP contribution is 2.20. The summed E-state index contributed by atoms with van der Waals surface area (Å²) in [7, 11) is 0. The van der Waals surface area contributed by atoms with Gasteiger partial charge in [0.15, 0.2) is 0 Å². The van der Waals surface area contributed by atoms with E-state index in [0.717, 1.165) is 36.5 Å². The number of nitrogen functional groups attached to an aromatic ring is 1. The first-order valence-corrected chi connectivity index (χ1v) is 6.23. The molecule has 1 rings (SSSR count). The van der Waals surface area contributed by atoms with Gasteiger partial charge >= 0.3 is 0 Å². The van der Waals surface area contributed by atoms with Gasteiger partial charge in [-0.2, -0.15) is 0 Å². The number of hydrogen-bond acceptors (Lipinski definition) is 5. The number of hydrogen-bond donors (Lipinski definition) is 3. The summed E-state index contributed by atoms with van der Waals surface area (Å²) in [5.41, 5.74) is 3.60. The Labute approximate surface area is 103 Å². The van der Waals surface area contributed by atoms with E-state index in [-0.39, 0.29) is 0 Å². The molecule has 1 unspecified atom stereocenters. The molecule has 1 aromatic rings. The van der Waals surface area contributed by atoms with Crippen LogP contribution in [0.5, 0.6) is 0 Å². The van der Waals surface area contributed by atoms with Crippen LogP contribution in [0.2, 0.25) is 0 Å². The molecule has 5 nitrogen and oxygen atoms in total. The Morgan fingerprint density at radius 2 is 1.88 bits per heavy atom. The van der Waals surface area contributed by atoms with Gasteiger partial charge in [0.05, 0.1) is 0 Å². The number of aromatic nitrogens is 2. The van der Waals surface area contributed by atoms with Crippen LogP contribution in [0.4, 0.5) is 11.6 Å². The molecule has 0 aromatic carbocycles. The second kappa shape index (κ2) is 6.39. The van der Waals surface area contributed by atoms with Crippen LogP contribution in [0.3, 0.4) is 0 Å². The van der Waals surface area contributed by atoms with Gasteiger partial charge in [-0.05, 0) is 26.7 Å². The number of hydrazine groups is 1. The summed E-state index contributed by atoms with van der Waals surface area (Å²) < 4.78 is 0. The molecular formula is C12H23N5. The van der Waals surface area contributed by atoms with Crippen LogP contribution >= 0.6 is 0 Å². The topological polar surface area (TPSA) is 75.9 Å². The molecule has 0 spiro atoms. The minimum atomic E-state index is 0.392. The molecule has 5 heteroatoms. The van der Waals surface area contributed by atoms with Gasteiger partial charge in [-0.25, -0.2) is 15.8 Å². The fraction of sp³-hybridized carbons (Fsp3) is 0.667. The fourth-order valence-electron chi connectivity index (χ4n) is 1.51. The van der Waals surface area contributed by atoms with Gasteiger partial charge in [0, 0.05) is 18.0 Å². The highest BCUT2D eigenvalue weighted by molar-refractivity contribution is 5.57. The smallest absolute Gasteiger partial charge is 0.148 e. The molecule has 17 heavy (non-hydrogen) atoms. The predicted molar refractivity (Wildman–Crippen MR) is 71.9 cm³/mol. The minimum absolute atomic E-state index is 0.392. The van der Waals surface area contributed by atoms with E-state index in [9.17, 15) is 0 Å². The Morgan fingerprint density at radius 3 is 2.41 bits per heavy atom. The van der Waals surface area contributed by atoms with Gasteiger partial charge in [-0.15, -0.1) is 0 Å². The van der Waals surface area contributed by atoms with E-state index >= 15 is 0 Å². The first-order chi connectivity index (χ1) is 8.12. The Balaban J connectivity index is 3.04. The zero-order chi connectivity index (χ0) is 12.8. The molecule has 1 heterocycles. The number of nitrogens with zero attached hydrogens (tertiary/aromatic N) is 2. The van der Waals surface area contributed by atoms with E-state index in [4.69, 9.17) is 5.84 Å². The summed E-state index contributed by atoms with van der Waals surface area (Å²) in [5, 5.41) is 3.39. The molecule has 0 radical (unpaired) electrons. The molecule has 0 saturated heterocycles. The largest absolute Gasteiger partial charge is 0.367 e. The second-order valence-electron chi connectivity index (χ2n) is 4.31. The highest BCUT2D eigenvalue weighted by Gasteiger charge is 2.11. The van der Waals surface area contributed by atoms with Gasteiger partial charge in [-0.3, -0.25) is 0 Å². The molecule has 0 bridgehead atoms. The third-order valence-electron chi connectivity index (χ3n) is 2.80. The van der Waals surface area contributed by atoms with Crippen molar-refractivity contribution < 1.29 is 0 Å². The van der Waals surface area contributed by atoms with Gasteiger partial charge in [0.1, 0.15) is 17.5 Å². The summed E-state index contributed by atoms with van der Waals surface area (Å²) in [6.07, 6.45) is 2.94. The lowest BCUT2D eigenvalue weighted by atomic mass is 10.2. The van der Waals surface area contributed by atoms with Crippen LogP contribution in [-0.4, -0.2) is 16.0 Å². The Hall–Kier alpha value is -1.36. The molecular weight excluding hydrogens is 214 g/mol. The molecule has 0 amide bonds. The molecule has 4 N–H and O–H groups in total. The molecule has 0 aliphatic heterocycles. The highest BCUT2D eigenvalue weighted by atomic mass is 15.3. The molecule has 1 aromatic heterocycles. The number of nitrogens with one attached hydrogen (secondary N) is 2. The van der Waals surface area contributed by atoms with Crippen molar-refractivity contribution in [2.24, 2.45) is 5.84 Å². The number of anilines is 2. The first kappa shape index (κ1) is 13.7. The fourth-order valence-corrected chi connectivity index (χ4v) is 1.51. The first-order valence-electron chi connectivity index (χ1n) is 6.23. The van der Waals surface area contributed by atoms with Crippen molar-refractivity contribution in [3.8, 4) is 0 Å². The molecule has 0 aliphatic rings. The zero-order valence-electron chi connectivity index (χ0n) is 11.2. The van der Waals surface area contributed by atoms with Crippen LogP contribution in [0.15, 0.2) is 0 Å². The van der Waals surface area contributed by atoms with Crippen molar-refractivity contribution in [3.05, 3.63) is 11.4 Å². The summed E-state index contributed by atoms with van der Waals surface area (Å²) in [6.45, 7) is 8.36. The molecule has 1 atom stereocenters. The van der Waals surface area contributed by atoms with Crippen LogP contribution in [0, 0.1) is 6.92 Å². The van der Waals surface area contributed by atoms with Crippen molar-refractivity contribution in [3.63, 3.8) is 0 Å². The number of rotatable bonds is 6. The average molecular weight is 237 g/mol. The maximum absolute atomic E-state index is 5.48. The lowest BCUT2D eigenvalue weighted by Crippen LogP contribution is -2.19. The van der Waals surface area contributed by atoms with Gasteiger partial charge in [0.25, 0.3) is 0 Å². The Kier molecular flexibility index (Phi) is 5.15. The SMILES string of the molecule is CCCc1nc(NN)c(C)c(NC(C)CC)n1. The van der Waals surface area contributed by atoms with E-state index in [2.05, 4.69) is 41.5 Å². The van der Waals surface area contributed by atoms with Crippen LogP contribution in [0.25, 0.3) is 0 Å². The zero-order valence-corrected chi connectivity index (χ0v) is 11.2. The summed E-state index contributed by atoms with van der Waals surface area (Å²) in [6, 6.07) is 0.392. The minimum Gasteiger partial charge on any atom is -0.367 e. The normalized spacial score (nSPS) is 12.3. The predicted octanol–water partition coefficient (Wildman–Crippen LogP) is 2.23. The monoisotopic (exact) mass is 237 g/mol. The second-order valence-corrected chi connectivity index (χ2v) is 4.31. The molecule has 0 aliphatic carbocycles. The summed E-state index contributed by atoms with van der Waals surface area (Å²) >= 11 is 0. The van der Waals surface area contributed by atoms with E-state index in [0.29, 0.717) is 11.9 Å². The third-order valence-corrected chi connectivity index (χ3v) is 2.80. The third kappa shape index (κ3) is 3.56. The van der Waals surface area contributed by atoms with E-state index in [1.54, 1.807) is 0 Å². The van der Waals surface area contributed by atoms with Crippen molar-refractivity contribution in [1.29, 1.82) is 0 Å². The van der Waals surface area contributed by atoms with E-state index in [1.165, 1.54) is 0 Å². The van der Waals surface area contributed by atoms with E-state index < -0.39 is 0 Å². The van der Waals surface area contributed by atoms with Crippen LogP contribution < -0.4 is 16.6 Å². The average Bonchev–Trinajstić information content (AvgIpc) is 2.33. The van der Waals surface area contributed by atoms with Gasteiger partial charge in [-0.1, -0.05) is 13.8 Å².